The van der Waals surface area contributed by atoms with Crippen LogP contribution in [0.3, 0.4) is 0 Å². The summed E-state index contributed by atoms with van der Waals surface area (Å²) in [5.41, 5.74) is 0. The molecular formula is C8H18O8P2. The van der Waals surface area contributed by atoms with Gasteiger partial charge in [0.2, 0.25) is 0 Å². The normalized spacial score (nSPS) is 33.2. The zero-order valence-electron chi connectivity index (χ0n) is 10.1. The van der Waals surface area contributed by atoms with Gasteiger partial charge in [-0.1, -0.05) is 0 Å². The average Bonchev–Trinajstić information content (AvgIpc) is 2.55. The fraction of sp³-hybridized carbons (Fsp3) is 1.00. The number of phosphoric acid groups is 1. The van der Waals surface area contributed by atoms with Gasteiger partial charge in [-0.3, -0.25) is 9.09 Å². The summed E-state index contributed by atoms with van der Waals surface area (Å²) in [4.78, 5) is 17.5. The molecule has 10 heteroatoms. The van der Waals surface area contributed by atoms with Crippen molar-refractivity contribution in [2.75, 3.05) is 13.2 Å². The molecule has 1 fully saturated rings. The molecule has 3 unspecified atom stereocenters. The molecule has 0 aliphatic carbocycles. The summed E-state index contributed by atoms with van der Waals surface area (Å²) in [6.45, 7) is 3.94. The first-order chi connectivity index (χ1) is 8.34. The van der Waals surface area contributed by atoms with Gasteiger partial charge in [0.15, 0.2) is 0 Å². The van der Waals surface area contributed by atoms with E-state index in [2.05, 4.69) is 8.83 Å². The monoisotopic (exact) mass is 304 g/mol. The minimum absolute atomic E-state index is 0.0360. The second-order valence-electron chi connectivity index (χ2n) is 3.84. The van der Waals surface area contributed by atoms with Crippen molar-refractivity contribution in [3.63, 3.8) is 0 Å². The summed E-state index contributed by atoms with van der Waals surface area (Å²) in [5, 5.41) is 0. The summed E-state index contributed by atoms with van der Waals surface area (Å²) in [6.07, 6.45) is -0.0954. The van der Waals surface area contributed by atoms with Crippen molar-refractivity contribution >= 4 is 16.1 Å². The van der Waals surface area contributed by atoms with E-state index in [1.165, 1.54) is 0 Å². The first kappa shape index (κ1) is 16.3. The van der Waals surface area contributed by atoms with Crippen LogP contribution in [0.5, 0.6) is 0 Å². The lowest BCUT2D eigenvalue weighted by atomic mass is 10.1. The molecule has 18 heavy (non-hydrogen) atoms. The maximum Gasteiger partial charge on any atom is 0.479 e. The second kappa shape index (κ2) is 7.12. The van der Waals surface area contributed by atoms with Gasteiger partial charge in [0.1, 0.15) is 6.10 Å². The maximum atomic E-state index is 11.2. The Hall–Kier alpha value is 0.220. The zero-order valence-corrected chi connectivity index (χ0v) is 12.0. The Balaban J connectivity index is 2.46. The van der Waals surface area contributed by atoms with E-state index in [1.807, 2.05) is 13.8 Å². The Bertz CT molecular complexity index is 335. The largest absolute Gasteiger partial charge is 0.479 e. The SMILES string of the molecule is CCOC1C[C@H](C)O[C@@H]1COP(=O)(O)O[PH](=O)O. The van der Waals surface area contributed by atoms with Gasteiger partial charge in [-0.2, -0.15) is 0 Å². The summed E-state index contributed by atoms with van der Waals surface area (Å²) >= 11 is 0. The minimum atomic E-state index is -4.52. The number of hydrogen-bond acceptors (Lipinski definition) is 6. The van der Waals surface area contributed by atoms with Gasteiger partial charge >= 0.3 is 16.1 Å². The van der Waals surface area contributed by atoms with Gasteiger partial charge in [-0.25, -0.2) is 8.88 Å². The Morgan fingerprint density at radius 3 is 2.78 bits per heavy atom. The second-order valence-corrected chi connectivity index (χ2v) is 6.29. The van der Waals surface area contributed by atoms with Crippen molar-refractivity contribution in [1.82, 2.24) is 0 Å². The lowest BCUT2D eigenvalue weighted by Crippen LogP contribution is -2.28. The highest BCUT2D eigenvalue weighted by Crippen LogP contribution is 2.51. The summed E-state index contributed by atoms with van der Waals surface area (Å²) in [6, 6.07) is 0. The molecule has 0 aromatic carbocycles. The van der Waals surface area contributed by atoms with Crippen LogP contribution in [-0.2, 0) is 27.4 Å². The van der Waals surface area contributed by atoms with E-state index in [0.717, 1.165) is 0 Å². The predicted octanol–water partition coefficient (Wildman–Crippen LogP) is 1.08. The first-order valence-electron chi connectivity index (χ1n) is 5.51. The van der Waals surface area contributed by atoms with Crippen LogP contribution in [0.1, 0.15) is 20.3 Å². The van der Waals surface area contributed by atoms with E-state index in [9.17, 15) is 9.13 Å². The highest BCUT2D eigenvalue weighted by Gasteiger charge is 2.36. The number of ether oxygens (including phenoxy) is 2. The van der Waals surface area contributed by atoms with Crippen LogP contribution in [0.15, 0.2) is 0 Å². The molecule has 0 saturated carbocycles. The van der Waals surface area contributed by atoms with Gasteiger partial charge in [0, 0.05) is 13.0 Å². The third-order valence-electron chi connectivity index (χ3n) is 2.36. The van der Waals surface area contributed by atoms with Gasteiger partial charge in [0.25, 0.3) is 0 Å². The van der Waals surface area contributed by atoms with Gasteiger partial charge < -0.3 is 19.3 Å². The van der Waals surface area contributed by atoms with E-state index in [1.54, 1.807) is 0 Å². The Morgan fingerprint density at radius 1 is 1.56 bits per heavy atom. The topological polar surface area (TPSA) is 112 Å². The minimum Gasteiger partial charge on any atom is -0.376 e. The van der Waals surface area contributed by atoms with Crippen LogP contribution in [0.25, 0.3) is 0 Å². The van der Waals surface area contributed by atoms with Gasteiger partial charge in [0.05, 0.1) is 18.8 Å². The average molecular weight is 304 g/mol. The molecule has 1 aliphatic rings. The highest BCUT2D eigenvalue weighted by molar-refractivity contribution is 7.55. The van der Waals surface area contributed by atoms with E-state index >= 15 is 0 Å². The molecule has 0 radical (unpaired) electrons. The zero-order chi connectivity index (χ0) is 13.8. The van der Waals surface area contributed by atoms with Crippen LogP contribution in [0.2, 0.25) is 0 Å². The van der Waals surface area contributed by atoms with Crippen molar-refractivity contribution in [2.24, 2.45) is 0 Å². The number of hydrogen-bond donors (Lipinski definition) is 2. The van der Waals surface area contributed by atoms with Crippen molar-refractivity contribution < 1.29 is 37.2 Å². The smallest absolute Gasteiger partial charge is 0.376 e. The molecule has 0 spiro atoms. The lowest BCUT2D eigenvalue weighted by molar-refractivity contribution is -0.0401. The molecule has 0 amide bonds. The molecule has 0 aromatic rings. The van der Waals surface area contributed by atoms with Crippen LogP contribution < -0.4 is 0 Å². The fourth-order valence-corrected chi connectivity index (χ4v) is 3.08. The van der Waals surface area contributed by atoms with Gasteiger partial charge in [-0.05, 0) is 13.8 Å². The highest BCUT2D eigenvalue weighted by atomic mass is 31.2. The summed E-state index contributed by atoms with van der Waals surface area (Å²) < 4.78 is 40.9. The van der Waals surface area contributed by atoms with Crippen LogP contribution in [0.4, 0.5) is 0 Å². The Kier molecular flexibility index (Phi) is 6.44. The number of rotatable bonds is 7. The molecule has 5 atom stereocenters. The maximum absolute atomic E-state index is 11.2. The van der Waals surface area contributed by atoms with Crippen LogP contribution in [-0.4, -0.2) is 41.3 Å². The van der Waals surface area contributed by atoms with Crippen molar-refractivity contribution in [3.05, 3.63) is 0 Å². The molecule has 0 bridgehead atoms. The first-order valence-corrected chi connectivity index (χ1v) is 8.27. The molecule has 2 N–H and O–H groups in total. The molecule has 108 valence electrons. The number of phosphoric ester groups is 1. The van der Waals surface area contributed by atoms with E-state index in [-0.39, 0.29) is 18.8 Å². The summed E-state index contributed by atoms with van der Waals surface area (Å²) in [7, 11) is -8.05. The third-order valence-corrected chi connectivity index (χ3v) is 4.39. The Morgan fingerprint density at radius 2 is 2.22 bits per heavy atom. The van der Waals surface area contributed by atoms with E-state index in [0.29, 0.717) is 13.0 Å². The van der Waals surface area contributed by atoms with Crippen molar-refractivity contribution in [3.8, 4) is 0 Å². The van der Waals surface area contributed by atoms with E-state index < -0.39 is 22.2 Å². The van der Waals surface area contributed by atoms with E-state index in [4.69, 9.17) is 19.3 Å². The molecule has 1 aliphatic heterocycles. The Labute approximate surface area is 106 Å². The molecule has 1 heterocycles. The predicted molar refractivity (Wildman–Crippen MR) is 62.4 cm³/mol. The third kappa shape index (κ3) is 5.47. The quantitative estimate of drug-likeness (QED) is 0.672. The van der Waals surface area contributed by atoms with Crippen molar-refractivity contribution in [1.29, 1.82) is 0 Å². The lowest BCUT2D eigenvalue weighted by Gasteiger charge is -2.19. The van der Waals surface area contributed by atoms with Crippen LogP contribution in [0, 0.1) is 0 Å². The molecular weight excluding hydrogens is 286 g/mol. The van der Waals surface area contributed by atoms with Crippen molar-refractivity contribution in [2.45, 2.75) is 38.6 Å². The molecule has 1 rings (SSSR count). The van der Waals surface area contributed by atoms with Gasteiger partial charge in [-0.15, -0.1) is 0 Å². The molecule has 0 aromatic heterocycles. The molecule has 8 nitrogen and oxygen atoms in total. The fourth-order valence-electron chi connectivity index (χ4n) is 1.75. The molecule has 1 saturated heterocycles. The van der Waals surface area contributed by atoms with Crippen LogP contribution >= 0.6 is 16.1 Å². The standard InChI is InChI=1S/C8H18O8P2/c1-3-13-7-4-6(2)15-8(7)5-14-18(11,12)16-17(9)10/h6-8,17H,3-5H2,1-2H3,(H,9,10)(H,11,12)/t6-,7?,8+/m0/s1. The summed E-state index contributed by atoms with van der Waals surface area (Å²) in [5.74, 6) is 0.